The molecular weight excluding hydrogens is 262 g/mol. The Morgan fingerprint density at radius 1 is 1.42 bits per heavy atom. The van der Waals surface area contributed by atoms with Crippen LogP contribution in [0.1, 0.15) is 19.8 Å². The zero-order chi connectivity index (χ0) is 13.7. The van der Waals surface area contributed by atoms with Crippen LogP contribution in [-0.2, 0) is 0 Å². The highest BCUT2D eigenvalue weighted by atomic mass is 35.5. The number of methoxy groups -OCH3 is 1. The number of hydrogen-bond acceptors (Lipinski definition) is 3. The predicted molar refractivity (Wildman–Crippen MR) is 78.5 cm³/mol. The summed E-state index contributed by atoms with van der Waals surface area (Å²) in [6.07, 6.45) is 5.89. The van der Waals surface area contributed by atoms with Crippen molar-refractivity contribution in [3.05, 3.63) is 35.6 Å². The lowest BCUT2D eigenvalue weighted by molar-refractivity contribution is 0.414. The van der Waals surface area contributed by atoms with E-state index in [-0.39, 0.29) is 0 Å². The Morgan fingerprint density at radius 2 is 2.26 bits per heavy atom. The molecule has 1 heterocycles. The molecule has 4 nitrogen and oxygen atoms in total. The van der Waals surface area contributed by atoms with Crippen LogP contribution in [0.2, 0.25) is 5.02 Å². The zero-order valence-corrected chi connectivity index (χ0v) is 11.9. The molecule has 2 aromatic rings. The van der Waals surface area contributed by atoms with Gasteiger partial charge >= 0.3 is 0 Å². The number of halogens is 1. The summed E-state index contributed by atoms with van der Waals surface area (Å²) in [5.74, 6) is 1.57. The Hall–Kier alpha value is -1.68. The molecule has 0 unspecified atom stereocenters. The predicted octanol–water partition coefficient (Wildman–Crippen LogP) is 3.75. The molecule has 5 heteroatoms. The maximum Gasteiger partial charge on any atom is 0.207 e. The van der Waals surface area contributed by atoms with Crippen LogP contribution >= 0.6 is 11.6 Å². The van der Waals surface area contributed by atoms with Gasteiger partial charge in [0, 0.05) is 25.0 Å². The highest BCUT2D eigenvalue weighted by Gasteiger charge is 2.09. The van der Waals surface area contributed by atoms with Gasteiger partial charge in [0.05, 0.1) is 17.8 Å². The fourth-order valence-corrected chi connectivity index (χ4v) is 2.02. The van der Waals surface area contributed by atoms with Gasteiger partial charge in [-0.15, -0.1) is 0 Å². The molecule has 102 valence electrons. The minimum atomic E-state index is 0.664. The second-order valence-corrected chi connectivity index (χ2v) is 4.63. The third-order valence-corrected chi connectivity index (χ3v) is 3.19. The number of ether oxygens (including phenoxy) is 1. The first-order valence-corrected chi connectivity index (χ1v) is 6.75. The van der Waals surface area contributed by atoms with Gasteiger partial charge < -0.3 is 10.1 Å². The number of nitrogens with one attached hydrogen (secondary N) is 1. The third kappa shape index (κ3) is 3.20. The molecule has 0 amide bonds. The van der Waals surface area contributed by atoms with Gasteiger partial charge in [-0.05, 0) is 18.6 Å². The Bertz CT molecular complexity index is 539. The van der Waals surface area contributed by atoms with Crippen LogP contribution in [0, 0.1) is 0 Å². The van der Waals surface area contributed by atoms with E-state index in [1.54, 1.807) is 13.3 Å². The van der Waals surface area contributed by atoms with Crippen molar-refractivity contribution in [2.45, 2.75) is 19.8 Å². The molecule has 1 aromatic heterocycles. The fraction of sp³-hybridized carbons (Fsp3) is 0.357. The van der Waals surface area contributed by atoms with E-state index in [0.717, 1.165) is 36.8 Å². The molecule has 0 aliphatic carbocycles. The molecule has 0 radical (unpaired) electrons. The second-order valence-electron chi connectivity index (χ2n) is 4.22. The van der Waals surface area contributed by atoms with E-state index in [9.17, 15) is 0 Å². The lowest BCUT2D eigenvalue weighted by Crippen LogP contribution is -2.07. The molecule has 0 saturated heterocycles. The van der Waals surface area contributed by atoms with Crippen molar-refractivity contribution in [1.29, 1.82) is 0 Å². The molecule has 0 atom stereocenters. The fourth-order valence-electron chi connectivity index (χ4n) is 1.81. The highest BCUT2D eigenvalue weighted by molar-refractivity contribution is 6.32. The van der Waals surface area contributed by atoms with E-state index in [1.165, 1.54) is 0 Å². The van der Waals surface area contributed by atoms with Gasteiger partial charge in [-0.25, -0.2) is 4.98 Å². The SMILES string of the molecule is CCCCNc1nccn1-c1cc(OC)ccc1Cl. The normalized spacial score (nSPS) is 10.5. The molecule has 19 heavy (non-hydrogen) atoms. The molecule has 0 fully saturated rings. The van der Waals surface area contributed by atoms with Crippen LogP contribution in [0.5, 0.6) is 5.75 Å². The number of imidazole rings is 1. The summed E-state index contributed by atoms with van der Waals surface area (Å²) in [6, 6.07) is 5.56. The lowest BCUT2D eigenvalue weighted by atomic mass is 10.3. The minimum absolute atomic E-state index is 0.664. The summed E-state index contributed by atoms with van der Waals surface area (Å²) >= 11 is 6.25. The average molecular weight is 280 g/mol. The van der Waals surface area contributed by atoms with Crippen molar-refractivity contribution in [2.24, 2.45) is 0 Å². The first-order chi connectivity index (χ1) is 9.26. The van der Waals surface area contributed by atoms with Crippen LogP contribution in [0.25, 0.3) is 5.69 Å². The smallest absolute Gasteiger partial charge is 0.207 e. The van der Waals surface area contributed by atoms with Crippen molar-refractivity contribution >= 4 is 17.5 Å². The molecule has 0 aliphatic rings. The molecule has 1 N–H and O–H groups in total. The van der Waals surface area contributed by atoms with Crippen LogP contribution in [0.4, 0.5) is 5.95 Å². The molecule has 0 bridgehead atoms. The molecule has 0 spiro atoms. The topological polar surface area (TPSA) is 39.1 Å². The average Bonchev–Trinajstić information content (AvgIpc) is 2.88. The van der Waals surface area contributed by atoms with Crippen LogP contribution < -0.4 is 10.1 Å². The molecule has 1 aromatic carbocycles. The van der Waals surface area contributed by atoms with Gasteiger partial charge in [0.1, 0.15) is 5.75 Å². The van der Waals surface area contributed by atoms with E-state index in [2.05, 4.69) is 17.2 Å². The Labute approximate surface area is 118 Å². The minimum Gasteiger partial charge on any atom is -0.497 e. The number of aromatic nitrogens is 2. The third-order valence-electron chi connectivity index (χ3n) is 2.87. The van der Waals surface area contributed by atoms with Gasteiger partial charge in [-0.1, -0.05) is 24.9 Å². The molecule has 0 aliphatic heterocycles. The Morgan fingerprint density at radius 3 is 3.00 bits per heavy atom. The Kier molecular flexibility index (Phi) is 4.68. The molecule has 2 rings (SSSR count). The first kappa shape index (κ1) is 13.7. The van der Waals surface area contributed by atoms with E-state index in [4.69, 9.17) is 16.3 Å². The maximum absolute atomic E-state index is 6.25. The van der Waals surface area contributed by atoms with Crippen molar-refractivity contribution < 1.29 is 4.74 Å². The number of rotatable bonds is 6. The number of anilines is 1. The summed E-state index contributed by atoms with van der Waals surface area (Å²) in [5, 5.41) is 3.97. The van der Waals surface area contributed by atoms with Crippen molar-refractivity contribution in [2.75, 3.05) is 19.0 Å². The maximum atomic E-state index is 6.25. The quantitative estimate of drug-likeness (QED) is 0.819. The number of nitrogens with zero attached hydrogens (tertiary/aromatic N) is 2. The van der Waals surface area contributed by atoms with Crippen LogP contribution in [-0.4, -0.2) is 23.2 Å². The monoisotopic (exact) mass is 279 g/mol. The summed E-state index contributed by atoms with van der Waals surface area (Å²) in [6.45, 7) is 3.06. The highest BCUT2D eigenvalue weighted by Crippen LogP contribution is 2.27. The summed E-state index contributed by atoms with van der Waals surface area (Å²) in [4.78, 5) is 4.31. The lowest BCUT2D eigenvalue weighted by Gasteiger charge is -2.12. The van der Waals surface area contributed by atoms with Crippen molar-refractivity contribution in [3.8, 4) is 11.4 Å². The van der Waals surface area contributed by atoms with Gasteiger partial charge in [-0.2, -0.15) is 0 Å². The summed E-state index contributed by atoms with van der Waals surface area (Å²) < 4.78 is 7.16. The number of hydrogen-bond donors (Lipinski definition) is 1. The largest absolute Gasteiger partial charge is 0.497 e. The van der Waals surface area contributed by atoms with E-state index < -0.39 is 0 Å². The second kappa shape index (κ2) is 6.48. The van der Waals surface area contributed by atoms with Gasteiger partial charge in [-0.3, -0.25) is 4.57 Å². The summed E-state index contributed by atoms with van der Waals surface area (Å²) in [7, 11) is 1.64. The van der Waals surface area contributed by atoms with E-state index in [0.29, 0.717) is 5.02 Å². The summed E-state index contributed by atoms with van der Waals surface area (Å²) in [5.41, 5.74) is 0.859. The van der Waals surface area contributed by atoms with Gasteiger partial charge in [0.25, 0.3) is 0 Å². The van der Waals surface area contributed by atoms with Crippen LogP contribution in [0.15, 0.2) is 30.6 Å². The standard InChI is InChI=1S/C14H18ClN3O/c1-3-4-7-16-14-17-8-9-18(14)13-10-11(19-2)5-6-12(13)15/h5-6,8-10H,3-4,7H2,1-2H3,(H,16,17). The first-order valence-electron chi connectivity index (χ1n) is 6.37. The molecular formula is C14H18ClN3O. The van der Waals surface area contributed by atoms with E-state index in [1.807, 2.05) is 29.0 Å². The number of benzene rings is 1. The van der Waals surface area contributed by atoms with Gasteiger partial charge in [0.15, 0.2) is 0 Å². The van der Waals surface area contributed by atoms with Crippen molar-refractivity contribution in [1.82, 2.24) is 9.55 Å². The van der Waals surface area contributed by atoms with Gasteiger partial charge in [0.2, 0.25) is 5.95 Å². The zero-order valence-electron chi connectivity index (χ0n) is 11.2. The number of unbranched alkanes of at least 4 members (excludes halogenated alkanes) is 1. The molecule has 0 saturated carbocycles. The Balaban J connectivity index is 2.28. The van der Waals surface area contributed by atoms with Crippen molar-refractivity contribution in [3.63, 3.8) is 0 Å². The van der Waals surface area contributed by atoms with E-state index >= 15 is 0 Å². The van der Waals surface area contributed by atoms with Crippen LogP contribution in [0.3, 0.4) is 0 Å².